The Morgan fingerprint density at radius 2 is 2.07 bits per heavy atom. The molecule has 0 saturated heterocycles. The van der Waals surface area contributed by atoms with E-state index < -0.39 is 5.97 Å². The number of carbonyl (C=O) groups is 1. The second-order valence-corrected chi connectivity index (χ2v) is 4.93. The molecule has 1 aliphatic rings. The maximum absolute atomic E-state index is 11.0. The molecule has 88 valence electrons. The van der Waals surface area contributed by atoms with Gasteiger partial charge in [-0.15, -0.1) is 0 Å². The number of aliphatic carboxylic acids is 1. The highest BCUT2D eigenvalue weighted by Gasteiger charge is 2.36. The Labute approximate surface area is 92.0 Å². The maximum atomic E-state index is 11.0. The largest absolute Gasteiger partial charge is 0.481 e. The highest BCUT2D eigenvalue weighted by atomic mass is 16.4. The zero-order valence-electron chi connectivity index (χ0n) is 9.67. The standard InChI is InChI=1S/C12H23NO2/c1-2-5-12(6-3-4-7-12)8-10(9-13)11(14)15/h10H,2-9,13H2,1H3,(H,14,15). The van der Waals surface area contributed by atoms with E-state index in [-0.39, 0.29) is 17.9 Å². The molecule has 0 aromatic rings. The molecule has 3 nitrogen and oxygen atoms in total. The van der Waals surface area contributed by atoms with E-state index in [9.17, 15) is 4.79 Å². The summed E-state index contributed by atoms with van der Waals surface area (Å²) >= 11 is 0. The van der Waals surface area contributed by atoms with E-state index in [1.165, 1.54) is 25.7 Å². The van der Waals surface area contributed by atoms with Gasteiger partial charge in [-0.05, 0) is 31.1 Å². The number of carboxylic acid groups (broad SMARTS) is 1. The van der Waals surface area contributed by atoms with E-state index in [1.807, 2.05) is 0 Å². The fourth-order valence-corrected chi connectivity index (χ4v) is 3.01. The lowest BCUT2D eigenvalue weighted by Gasteiger charge is -2.31. The van der Waals surface area contributed by atoms with Crippen molar-refractivity contribution >= 4 is 5.97 Å². The second-order valence-electron chi connectivity index (χ2n) is 4.93. The fraction of sp³-hybridized carbons (Fsp3) is 0.917. The topological polar surface area (TPSA) is 63.3 Å². The molecule has 15 heavy (non-hydrogen) atoms. The molecule has 0 bridgehead atoms. The van der Waals surface area contributed by atoms with E-state index in [0.717, 1.165) is 19.3 Å². The Hall–Kier alpha value is -0.570. The van der Waals surface area contributed by atoms with Crippen molar-refractivity contribution in [1.82, 2.24) is 0 Å². The molecule has 1 atom stereocenters. The van der Waals surface area contributed by atoms with Gasteiger partial charge in [0, 0.05) is 6.54 Å². The van der Waals surface area contributed by atoms with Crippen molar-refractivity contribution in [3.8, 4) is 0 Å². The molecule has 1 fully saturated rings. The summed E-state index contributed by atoms with van der Waals surface area (Å²) in [7, 11) is 0. The van der Waals surface area contributed by atoms with Gasteiger partial charge in [0.1, 0.15) is 0 Å². The predicted octanol–water partition coefficient (Wildman–Crippen LogP) is 2.40. The molecule has 0 aromatic carbocycles. The minimum atomic E-state index is -0.722. The first-order valence-corrected chi connectivity index (χ1v) is 6.06. The number of carboxylic acids is 1. The van der Waals surface area contributed by atoms with Crippen LogP contribution >= 0.6 is 0 Å². The van der Waals surface area contributed by atoms with Crippen molar-refractivity contribution in [2.24, 2.45) is 17.1 Å². The van der Waals surface area contributed by atoms with Gasteiger partial charge in [0.2, 0.25) is 0 Å². The minimum Gasteiger partial charge on any atom is -0.481 e. The van der Waals surface area contributed by atoms with E-state index in [2.05, 4.69) is 6.92 Å². The third-order valence-corrected chi connectivity index (χ3v) is 3.76. The van der Waals surface area contributed by atoms with E-state index in [1.54, 1.807) is 0 Å². The second kappa shape index (κ2) is 5.50. The highest BCUT2D eigenvalue weighted by Crippen LogP contribution is 2.46. The van der Waals surface area contributed by atoms with Crippen LogP contribution < -0.4 is 5.73 Å². The molecule has 1 saturated carbocycles. The van der Waals surface area contributed by atoms with Gasteiger partial charge < -0.3 is 10.8 Å². The molecular formula is C12H23NO2. The molecule has 0 radical (unpaired) electrons. The zero-order valence-corrected chi connectivity index (χ0v) is 9.67. The Morgan fingerprint density at radius 1 is 1.47 bits per heavy atom. The van der Waals surface area contributed by atoms with Crippen molar-refractivity contribution in [3.05, 3.63) is 0 Å². The zero-order chi connectivity index (χ0) is 11.3. The van der Waals surface area contributed by atoms with Gasteiger partial charge >= 0.3 is 5.97 Å². The summed E-state index contributed by atoms with van der Waals surface area (Å²) in [5, 5.41) is 9.04. The summed E-state index contributed by atoms with van der Waals surface area (Å²) in [5.41, 5.74) is 5.81. The first-order valence-electron chi connectivity index (χ1n) is 6.06. The van der Waals surface area contributed by atoms with Crippen LogP contribution in [0.1, 0.15) is 51.9 Å². The van der Waals surface area contributed by atoms with Crippen LogP contribution in [0, 0.1) is 11.3 Å². The molecule has 1 rings (SSSR count). The molecular weight excluding hydrogens is 190 g/mol. The average Bonchev–Trinajstić information content (AvgIpc) is 2.63. The van der Waals surface area contributed by atoms with Crippen molar-refractivity contribution in [2.45, 2.75) is 51.9 Å². The van der Waals surface area contributed by atoms with E-state index >= 15 is 0 Å². The van der Waals surface area contributed by atoms with Gasteiger partial charge in [-0.2, -0.15) is 0 Å². The smallest absolute Gasteiger partial charge is 0.307 e. The van der Waals surface area contributed by atoms with Crippen LogP contribution in [-0.2, 0) is 4.79 Å². The molecule has 3 heteroatoms. The van der Waals surface area contributed by atoms with Crippen LogP contribution in [0.3, 0.4) is 0 Å². The average molecular weight is 213 g/mol. The monoisotopic (exact) mass is 213 g/mol. The van der Waals surface area contributed by atoms with Gasteiger partial charge in [0.15, 0.2) is 0 Å². The van der Waals surface area contributed by atoms with Crippen LogP contribution in [0.2, 0.25) is 0 Å². The molecule has 0 aliphatic heterocycles. The number of nitrogens with two attached hydrogens (primary N) is 1. The van der Waals surface area contributed by atoms with E-state index in [0.29, 0.717) is 0 Å². The summed E-state index contributed by atoms with van der Waals surface area (Å²) in [6.45, 7) is 2.46. The molecule has 0 spiro atoms. The first-order chi connectivity index (χ1) is 7.13. The van der Waals surface area contributed by atoms with Gasteiger partial charge in [-0.1, -0.05) is 26.2 Å². The predicted molar refractivity (Wildman–Crippen MR) is 60.6 cm³/mol. The van der Waals surface area contributed by atoms with Crippen LogP contribution in [0.4, 0.5) is 0 Å². The third kappa shape index (κ3) is 3.20. The minimum absolute atomic E-state index is 0.279. The van der Waals surface area contributed by atoms with E-state index in [4.69, 9.17) is 10.8 Å². The number of hydrogen-bond donors (Lipinski definition) is 2. The fourth-order valence-electron chi connectivity index (χ4n) is 3.01. The van der Waals surface area contributed by atoms with Crippen LogP contribution in [-0.4, -0.2) is 17.6 Å². The van der Waals surface area contributed by atoms with Crippen LogP contribution in [0.25, 0.3) is 0 Å². The van der Waals surface area contributed by atoms with Crippen molar-refractivity contribution in [3.63, 3.8) is 0 Å². The lowest BCUT2D eigenvalue weighted by atomic mass is 9.74. The van der Waals surface area contributed by atoms with Crippen molar-refractivity contribution < 1.29 is 9.90 Å². The quantitative estimate of drug-likeness (QED) is 0.712. The lowest BCUT2D eigenvalue weighted by molar-refractivity contribution is -0.142. The maximum Gasteiger partial charge on any atom is 0.307 e. The SMILES string of the molecule is CCCC1(CC(CN)C(=O)O)CCCC1. The van der Waals surface area contributed by atoms with Gasteiger partial charge in [0.05, 0.1) is 5.92 Å². The lowest BCUT2D eigenvalue weighted by Crippen LogP contribution is -2.30. The Balaban J connectivity index is 2.60. The number of rotatable bonds is 6. The number of hydrogen-bond acceptors (Lipinski definition) is 2. The summed E-state index contributed by atoms with van der Waals surface area (Å²) in [4.78, 5) is 11.0. The molecule has 3 N–H and O–H groups in total. The van der Waals surface area contributed by atoms with Crippen molar-refractivity contribution in [2.75, 3.05) is 6.54 Å². The van der Waals surface area contributed by atoms with Gasteiger partial charge in [-0.3, -0.25) is 4.79 Å². The molecule has 0 amide bonds. The Bertz CT molecular complexity index is 210. The molecule has 0 aromatic heterocycles. The molecule has 1 unspecified atom stereocenters. The first kappa shape index (κ1) is 12.5. The van der Waals surface area contributed by atoms with Crippen LogP contribution in [0.15, 0.2) is 0 Å². The van der Waals surface area contributed by atoms with Gasteiger partial charge in [-0.25, -0.2) is 0 Å². The van der Waals surface area contributed by atoms with Crippen molar-refractivity contribution in [1.29, 1.82) is 0 Å². The third-order valence-electron chi connectivity index (χ3n) is 3.76. The summed E-state index contributed by atoms with van der Waals surface area (Å²) in [6, 6.07) is 0. The highest BCUT2D eigenvalue weighted by molar-refractivity contribution is 5.70. The molecule has 0 heterocycles. The Morgan fingerprint density at radius 3 is 2.47 bits per heavy atom. The van der Waals surface area contributed by atoms with Crippen LogP contribution in [0.5, 0.6) is 0 Å². The van der Waals surface area contributed by atoms with Gasteiger partial charge in [0.25, 0.3) is 0 Å². The Kier molecular flexibility index (Phi) is 4.58. The normalized spacial score (nSPS) is 21.5. The summed E-state index contributed by atoms with van der Waals surface area (Å²) < 4.78 is 0. The summed E-state index contributed by atoms with van der Waals surface area (Å²) in [6.07, 6.45) is 8.02. The summed E-state index contributed by atoms with van der Waals surface area (Å²) in [5.74, 6) is -1.06. The molecule has 1 aliphatic carbocycles.